The van der Waals surface area contributed by atoms with Crippen LogP contribution < -0.4 is 20.1 Å². The van der Waals surface area contributed by atoms with Gasteiger partial charge in [0.25, 0.3) is 0 Å². The number of hydrogen-bond acceptors (Lipinski definition) is 4. The van der Waals surface area contributed by atoms with E-state index in [0.29, 0.717) is 23.7 Å². The molecule has 0 spiro atoms. The lowest BCUT2D eigenvalue weighted by atomic mass is 10.1. The van der Waals surface area contributed by atoms with E-state index in [4.69, 9.17) is 9.47 Å². The minimum atomic E-state index is -4.40. The van der Waals surface area contributed by atoms with E-state index in [0.717, 1.165) is 17.7 Å². The molecule has 1 amide bonds. The number of benzene rings is 2. The minimum absolute atomic E-state index is 0.193. The number of anilines is 1. The molecule has 3 rings (SSSR count). The average molecular weight is 366 g/mol. The Balaban J connectivity index is 1.53. The van der Waals surface area contributed by atoms with Crippen LogP contribution in [-0.2, 0) is 17.5 Å². The topological polar surface area (TPSA) is 59.6 Å². The molecule has 0 fully saturated rings. The van der Waals surface area contributed by atoms with Crippen molar-refractivity contribution in [2.45, 2.75) is 25.7 Å². The van der Waals surface area contributed by atoms with Crippen molar-refractivity contribution < 1.29 is 27.4 Å². The lowest BCUT2D eigenvalue weighted by Gasteiger charge is -2.15. The number of alkyl halides is 3. The van der Waals surface area contributed by atoms with Gasteiger partial charge in [-0.25, -0.2) is 0 Å². The van der Waals surface area contributed by atoms with E-state index < -0.39 is 17.8 Å². The van der Waals surface area contributed by atoms with Crippen molar-refractivity contribution in [3.8, 4) is 11.5 Å². The van der Waals surface area contributed by atoms with Crippen LogP contribution in [0.1, 0.15) is 18.1 Å². The van der Waals surface area contributed by atoms with Gasteiger partial charge in [0.1, 0.15) is 0 Å². The van der Waals surface area contributed by atoms with Crippen LogP contribution in [0.5, 0.6) is 11.5 Å². The molecule has 2 aromatic rings. The first-order valence-electron chi connectivity index (χ1n) is 7.93. The summed E-state index contributed by atoms with van der Waals surface area (Å²) in [4.78, 5) is 12.2. The van der Waals surface area contributed by atoms with Gasteiger partial charge in [-0.3, -0.25) is 4.79 Å². The van der Waals surface area contributed by atoms with Gasteiger partial charge in [0.15, 0.2) is 11.5 Å². The summed E-state index contributed by atoms with van der Waals surface area (Å²) >= 11 is 0. The summed E-state index contributed by atoms with van der Waals surface area (Å²) in [6.07, 6.45) is -4.40. The van der Waals surface area contributed by atoms with Gasteiger partial charge in [0.05, 0.1) is 11.6 Å². The van der Waals surface area contributed by atoms with E-state index in [1.807, 2.05) is 12.1 Å². The Morgan fingerprint density at radius 1 is 1.12 bits per heavy atom. The predicted octanol–water partition coefficient (Wildman–Crippen LogP) is 3.55. The molecular formula is C18H17F3N2O3. The molecule has 1 heterocycles. The zero-order chi connectivity index (χ0) is 18.7. The van der Waals surface area contributed by atoms with Crippen molar-refractivity contribution >= 4 is 11.6 Å². The first-order valence-corrected chi connectivity index (χ1v) is 7.93. The fourth-order valence-corrected chi connectivity index (χ4v) is 2.41. The molecule has 26 heavy (non-hydrogen) atoms. The summed E-state index contributed by atoms with van der Waals surface area (Å²) in [5, 5.41) is 5.64. The molecule has 0 radical (unpaired) electrons. The fourth-order valence-electron chi connectivity index (χ4n) is 2.41. The van der Waals surface area contributed by atoms with Gasteiger partial charge >= 0.3 is 6.18 Å². The van der Waals surface area contributed by atoms with Crippen LogP contribution in [0.2, 0.25) is 0 Å². The molecule has 1 aliphatic rings. The molecule has 5 nitrogen and oxygen atoms in total. The SMILES string of the molecule is CC(NCc1ccc2c(c1)OCO2)C(=O)Nc1ccc(C(F)(F)F)cc1. The molecule has 0 aliphatic carbocycles. The number of nitrogens with one attached hydrogen (secondary N) is 2. The van der Waals surface area contributed by atoms with Gasteiger partial charge in [-0.05, 0) is 48.9 Å². The molecule has 1 aliphatic heterocycles. The summed E-state index contributed by atoms with van der Waals surface area (Å²) in [6, 6.07) is 9.27. The molecule has 2 aromatic carbocycles. The second-order valence-corrected chi connectivity index (χ2v) is 5.85. The third kappa shape index (κ3) is 4.26. The molecule has 2 N–H and O–H groups in total. The lowest BCUT2D eigenvalue weighted by molar-refractivity contribution is -0.137. The van der Waals surface area contributed by atoms with E-state index in [1.165, 1.54) is 12.1 Å². The normalized spacial score (nSPS) is 14.2. The Morgan fingerprint density at radius 2 is 1.81 bits per heavy atom. The van der Waals surface area contributed by atoms with Crippen LogP contribution in [0.25, 0.3) is 0 Å². The molecule has 1 atom stereocenters. The Kier molecular flexibility index (Phi) is 5.03. The van der Waals surface area contributed by atoms with Gasteiger partial charge in [-0.2, -0.15) is 13.2 Å². The van der Waals surface area contributed by atoms with Crippen LogP contribution >= 0.6 is 0 Å². The van der Waals surface area contributed by atoms with Gasteiger partial charge in [0.2, 0.25) is 12.7 Å². The van der Waals surface area contributed by atoms with E-state index >= 15 is 0 Å². The van der Waals surface area contributed by atoms with Gasteiger partial charge < -0.3 is 20.1 Å². The number of amides is 1. The largest absolute Gasteiger partial charge is 0.454 e. The lowest BCUT2D eigenvalue weighted by Crippen LogP contribution is -2.37. The van der Waals surface area contributed by atoms with E-state index in [1.54, 1.807) is 13.0 Å². The zero-order valence-electron chi connectivity index (χ0n) is 13.9. The first-order chi connectivity index (χ1) is 12.3. The van der Waals surface area contributed by atoms with Gasteiger partial charge in [-0.15, -0.1) is 0 Å². The van der Waals surface area contributed by atoms with Gasteiger partial charge in [0, 0.05) is 12.2 Å². The minimum Gasteiger partial charge on any atom is -0.454 e. The van der Waals surface area contributed by atoms with Crippen molar-refractivity contribution in [3.63, 3.8) is 0 Å². The van der Waals surface area contributed by atoms with E-state index in [2.05, 4.69) is 10.6 Å². The molecule has 0 bridgehead atoms. The smallest absolute Gasteiger partial charge is 0.416 e. The highest BCUT2D eigenvalue weighted by molar-refractivity contribution is 5.94. The molecule has 0 aromatic heterocycles. The summed E-state index contributed by atoms with van der Waals surface area (Å²) in [7, 11) is 0. The van der Waals surface area contributed by atoms with E-state index in [-0.39, 0.29) is 12.7 Å². The quantitative estimate of drug-likeness (QED) is 0.850. The van der Waals surface area contributed by atoms with Crippen molar-refractivity contribution in [2.24, 2.45) is 0 Å². The maximum Gasteiger partial charge on any atom is 0.416 e. The molecule has 138 valence electrons. The molecule has 8 heteroatoms. The molecule has 1 unspecified atom stereocenters. The Morgan fingerprint density at radius 3 is 2.50 bits per heavy atom. The number of halogens is 3. The Hall–Kier alpha value is -2.74. The number of fused-ring (bicyclic) bond motifs is 1. The highest BCUT2D eigenvalue weighted by Crippen LogP contribution is 2.32. The maximum absolute atomic E-state index is 12.5. The van der Waals surface area contributed by atoms with Gasteiger partial charge in [-0.1, -0.05) is 6.07 Å². The van der Waals surface area contributed by atoms with Crippen molar-refractivity contribution in [3.05, 3.63) is 53.6 Å². The number of rotatable bonds is 5. The number of carbonyl (C=O) groups excluding carboxylic acids is 1. The molecular weight excluding hydrogens is 349 g/mol. The van der Waals surface area contributed by atoms with Crippen LogP contribution in [0, 0.1) is 0 Å². The summed E-state index contributed by atoms with van der Waals surface area (Å²) in [6.45, 7) is 2.29. The van der Waals surface area contributed by atoms with E-state index in [9.17, 15) is 18.0 Å². The summed E-state index contributed by atoms with van der Waals surface area (Å²) in [5.74, 6) is 0.999. The Bertz CT molecular complexity index is 791. The van der Waals surface area contributed by atoms with Crippen molar-refractivity contribution in [1.82, 2.24) is 5.32 Å². The average Bonchev–Trinajstić information content (AvgIpc) is 3.07. The summed E-state index contributed by atoms with van der Waals surface area (Å²) < 4.78 is 48.2. The number of ether oxygens (including phenoxy) is 2. The first kappa shape index (κ1) is 18.1. The predicted molar refractivity (Wildman–Crippen MR) is 88.9 cm³/mol. The third-order valence-corrected chi connectivity index (χ3v) is 3.92. The van der Waals surface area contributed by atoms with Crippen LogP contribution in [0.3, 0.4) is 0 Å². The van der Waals surface area contributed by atoms with Crippen molar-refractivity contribution in [2.75, 3.05) is 12.1 Å². The molecule has 0 saturated heterocycles. The molecule has 0 saturated carbocycles. The Labute approximate surface area is 148 Å². The van der Waals surface area contributed by atoms with Crippen molar-refractivity contribution in [1.29, 1.82) is 0 Å². The van der Waals surface area contributed by atoms with Crippen LogP contribution in [-0.4, -0.2) is 18.7 Å². The standard InChI is InChI=1S/C18H17F3N2O3/c1-11(22-9-12-2-7-15-16(8-12)26-10-25-15)17(24)23-14-5-3-13(4-6-14)18(19,20)21/h2-8,11,22H,9-10H2,1H3,(H,23,24). The highest BCUT2D eigenvalue weighted by Gasteiger charge is 2.30. The van der Waals surface area contributed by atoms with Crippen LogP contribution in [0.15, 0.2) is 42.5 Å². The fraction of sp³-hybridized carbons (Fsp3) is 0.278. The second-order valence-electron chi connectivity index (χ2n) is 5.85. The van der Waals surface area contributed by atoms with Crippen LogP contribution in [0.4, 0.5) is 18.9 Å². The third-order valence-electron chi connectivity index (χ3n) is 3.92. The summed E-state index contributed by atoms with van der Waals surface area (Å²) in [5.41, 5.74) is 0.465. The number of hydrogen-bond donors (Lipinski definition) is 2. The maximum atomic E-state index is 12.5. The zero-order valence-corrected chi connectivity index (χ0v) is 13.9. The monoisotopic (exact) mass is 366 g/mol. The number of carbonyl (C=O) groups is 1. The second kappa shape index (κ2) is 7.25. The highest BCUT2D eigenvalue weighted by atomic mass is 19.4.